The van der Waals surface area contributed by atoms with E-state index in [9.17, 15) is 4.79 Å². The van der Waals surface area contributed by atoms with E-state index < -0.39 is 5.97 Å². The minimum atomic E-state index is -0.737. The SMILES string of the molecule is CC(C)(C)O[C@@H]1C[C@@H]1C(=O)O. The van der Waals surface area contributed by atoms with Crippen LogP contribution in [0.4, 0.5) is 0 Å². The van der Waals surface area contributed by atoms with Crippen LogP contribution in [0.2, 0.25) is 0 Å². The molecule has 0 saturated heterocycles. The molecule has 0 heterocycles. The Kier molecular flexibility index (Phi) is 1.92. The number of carboxylic acid groups (broad SMARTS) is 1. The molecule has 1 saturated carbocycles. The Morgan fingerprint density at radius 3 is 2.36 bits per heavy atom. The van der Waals surface area contributed by atoms with Crippen LogP contribution in [0.3, 0.4) is 0 Å². The maximum Gasteiger partial charge on any atom is 0.309 e. The summed E-state index contributed by atoms with van der Waals surface area (Å²) in [7, 11) is 0. The lowest BCUT2D eigenvalue weighted by Crippen LogP contribution is -2.22. The molecule has 1 N–H and O–H groups in total. The van der Waals surface area contributed by atoms with Gasteiger partial charge in [-0.3, -0.25) is 4.79 Å². The molecule has 0 unspecified atom stereocenters. The van der Waals surface area contributed by atoms with Crippen molar-refractivity contribution >= 4 is 5.97 Å². The third-order valence-electron chi connectivity index (χ3n) is 1.55. The molecular weight excluding hydrogens is 144 g/mol. The zero-order chi connectivity index (χ0) is 8.65. The van der Waals surface area contributed by atoms with E-state index in [-0.39, 0.29) is 17.6 Å². The fourth-order valence-corrected chi connectivity index (χ4v) is 1.02. The fraction of sp³-hybridized carbons (Fsp3) is 0.875. The van der Waals surface area contributed by atoms with Crippen molar-refractivity contribution in [2.24, 2.45) is 5.92 Å². The van der Waals surface area contributed by atoms with Crippen molar-refractivity contribution in [3.63, 3.8) is 0 Å². The molecule has 0 aromatic rings. The molecule has 0 spiro atoms. The third kappa shape index (κ3) is 2.50. The smallest absolute Gasteiger partial charge is 0.309 e. The highest BCUT2D eigenvalue weighted by atomic mass is 16.5. The van der Waals surface area contributed by atoms with E-state index in [4.69, 9.17) is 9.84 Å². The molecule has 3 heteroatoms. The Balaban J connectivity index is 2.29. The second-order valence-electron chi connectivity index (χ2n) is 3.95. The van der Waals surface area contributed by atoms with E-state index in [1.807, 2.05) is 20.8 Å². The number of hydrogen-bond donors (Lipinski definition) is 1. The first-order chi connectivity index (χ1) is 4.90. The van der Waals surface area contributed by atoms with Crippen LogP contribution in [-0.2, 0) is 9.53 Å². The summed E-state index contributed by atoms with van der Waals surface area (Å²) >= 11 is 0. The van der Waals surface area contributed by atoms with Crippen LogP contribution in [-0.4, -0.2) is 22.8 Å². The summed E-state index contributed by atoms with van der Waals surface area (Å²) in [6.45, 7) is 5.80. The van der Waals surface area contributed by atoms with Crippen LogP contribution >= 0.6 is 0 Å². The Morgan fingerprint density at radius 2 is 2.09 bits per heavy atom. The Bertz CT molecular complexity index is 169. The van der Waals surface area contributed by atoms with Crippen LogP contribution in [0.1, 0.15) is 27.2 Å². The monoisotopic (exact) mass is 158 g/mol. The van der Waals surface area contributed by atoms with Gasteiger partial charge in [-0.1, -0.05) is 0 Å². The number of carbonyl (C=O) groups is 1. The molecule has 2 atom stereocenters. The standard InChI is InChI=1S/C8H14O3/c1-8(2,3)11-6-4-5(6)7(9)10/h5-6H,4H2,1-3H3,(H,9,10)/t5-,6+/m0/s1. The van der Waals surface area contributed by atoms with E-state index in [1.54, 1.807) is 0 Å². The van der Waals surface area contributed by atoms with Crippen molar-refractivity contribution in [1.29, 1.82) is 0 Å². The van der Waals surface area contributed by atoms with Crippen molar-refractivity contribution in [2.45, 2.75) is 38.9 Å². The summed E-state index contributed by atoms with van der Waals surface area (Å²) in [4.78, 5) is 10.4. The number of carboxylic acids is 1. The summed E-state index contributed by atoms with van der Waals surface area (Å²) in [5.41, 5.74) is -0.213. The highest BCUT2D eigenvalue weighted by Gasteiger charge is 2.46. The second-order valence-corrected chi connectivity index (χ2v) is 3.95. The van der Waals surface area contributed by atoms with Gasteiger partial charge in [-0.15, -0.1) is 0 Å². The van der Waals surface area contributed by atoms with Gasteiger partial charge in [0.2, 0.25) is 0 Å². The number of ether oxygens (including phenoxy) is 1. The van der Waals surface area contributed by atoms with Crippen molar-refractivity contribution in [1.82, 2.24) is 0 Å². The number of hydrogen-bond acceptors (Lipinski definition) is 2. The van der Waals surface area contributed by atoms with Crippen LogP contribution in [0.15, 0.2) is 0 Å². The molecule has 1 aliphatic rings. The average Bonchev–Trinajstić information content (AvgIpc) is 2.40. The van der Waals surface area contributed by atoms with E-state index in [0.29, 0.717) is 6.42 Å². The van der Waals surface area contributed by atoms with Gasteiger partial charge in [0.1, 0.15) is 0 Å². The zero-order valence-electron chi connectivity index (χ0n) is 7.13. The molecule has 0 aliphatic heterocycles. The lowest BCUT2D eigenvalue weighted by Gasteiger charge is -2.19. The predicted octanol–water partition coefficient (Wildman–Crippen LogP) is 1.27. The van der Waals surface area contributed by atoms with Gasteiger partial charge >= 0.3 is 5.97 Å². The molecule has 11 heavy (non-hydrogen) atoms. The normalized spacial score (nSPS) is 30.1. The summed E-state index contributed by atoms with van der Waals surface area (Å²) < 4.78 is 5.44. The molecule has 3 nitrogen and oxygen atoms in total. The largest absolute Gasteiger partial charge is 0.481 e. The third-order valence-corrected chi connectivity index (χ3v) is 1.55. The highest BCUT2D eigenvalue weighted by Crippen LogP contribution is 2.36. The lowest BCUT2D eigenvalue weighted by molar-refractivity contribution is -0.140. The number of rotatable bonds is 2. The van der Waals surface area contributed by atoms with E-state index in [0.717, 1.165) is 0 Å². The zero-order valence-corrected chi connectivity index (χ0v) is 7.13. The molecule has 0 aromatic carbocycles. The lowest BCUT2D eigenvalue weighted by atomic mass is 10.2. The van der Waals surface area contributed by atoms with Gasteiger partial charge in [0.15, 0.2) is 0 Å². The van der Waals surface area contributed by atoms with Crippen molar-refractivity contribution in [2.75, 3.05) is 0 Å². The van der Waals surface area contributed by atoms with Gasteiger partial charge in [-0.05, 0) is 27.2 Å². The summed E-state index contributed by atoms with van der Waals surface area (Å²) in [6, 6.07) is 0. The van der Waals surface area contributed by atoms with Gasteiger partial charge in [0.25, 0.3) is 0 Å². The maximum atomic E-state index is 10.4. The molecule has 1 aliphatic carbocycles. The van der Waals surface area contributed by atoms with E-state index in [1.165, 1.54) is 0 Å². The van der Waals surface area contributed by atoms with Crippen molar-refractivity contribution in [3.8, 4) is 0 Å². The minimum absolute atomic E-state index is 0.0486. The average molecular weight is 158 g/mol. The van der Waals surface area contributed by atoms with E-state index in [2.05, 4.69) is 0 Å². The molecule has 1 fully saturated rings. The van der Waals surface area contributed by atoms with Crippen molar-refractivity contribution < 1.29 is 14.6 Å². The van der Waals surface area contributed by atoms with E-state index >= 15 is 0 Å². The Morgan fingerprint density at radius 1 is 1.55 bits per heavy atom. The van der Waals surface area contributed by atoms with Crippen LogP contribution in [0.5, 0.6) is 0 Å². The summed E-state index contributed by atoms with van der Waals surface area (Å²) in [6.07, 6.45) is 0.625. The summed E-state index contributed by atoms with van der Waals surface area (Å²) in [5.74, 6) is -0.992. The molecular formula is C8H14O3. The van der Waals surface area contributed by atoms with Gasteiger partial charge in [0.05, 0.1) is 17.6 Å². The van der Waals surface area contributed by atoms with Gasteiger partial charge in [0, 0.05) is 0 Å². The topological polar surface area (TPSA) is 46.5 Å². The first-order valence-electron chi connectivity index (χ1n) is 3.81. The number of aliphatic carboxylic acids is 1. The molecule has 64 valence electrons. The van der Waals surface area contributed by atoms with Crippen molar-refractivity contribution in [3.05, 3.63) is 0 Å². The minimum Gasteiger partial charge on any atom is -0.481 e. The summed E-state index contributed by atoms with van der Waals surface area (Å²) in [5, 5.41) is 8.54. The van der Waals surface area contributed by atoms with Gasteiger partial charge in [-0.2, -0.15) is 0 Å². The quantitative estimate of drug-likeness (QED) is 0.658. The first kappa shape index (κ1) is 8.53. The Hall–Kier alpha value is -0.570. The molecule has 0 amide bonds. The Labute approximate surface area is 66.4 Å². The molecule has 0 bridgehead atoms. The van der Waals surface area contributed by atoms with Gasteiger partial charge in [-0.25, -0.2) is 0 Å². The first-order valence-corrected chi connectivity index (χ1v) is 3.81. The maximum absolute atomic E-state index is 10.4. The van der Waals surface area contributed by atoms with Crippen LogP contribution in [0.25, 0.3) is 0 Å². The molecule has 1 rings (SSSR count). The predicted molar refractivity (Wildman–Crippen MR) is 40.4 cm³/mol. The highest BCUT2D eigenvalue weighted by molar-refractivity contribution is 5.74. The molecule has 0 aromatic heterocycles. The van der Waals surface area contributed by atoms with Crippen LogP contribution < -0.4 is 0 Å². The molecule has 0 radical (unpaired) electrons. The van der Waals surface area contributed by atoms with Gasteiger partial charge < -0.3 is 9.84 Å². The second kappa shape index (κ2) is 2.48. The van der Waals surface area contributed by atoms with Crippen LogP contribution in [0, 0.1) is 5.92 Å². The fourth-order valence-electron chi connectivity index (χ4n) is 1.02.